The van der Waals surface area contributed by atoms with Crippen LogP contribution in [-0.4, -0.2) is 26.8 Å². The van der Waals surface area contributed by atoms with E-state index in [0.29, 0.717) is 16.7 Å². The number of carbonyl (C=O) groups is 1. The molecule has 118 valence electrons. The Morgan fingerprint density at radius 3 is 3.04 bits per heavy atom. The Kier molecular flexibility index (Phi) is 5.32. The van der Waals surface area contributed by atoms with Crippen molar-refractivity contribution in [3.05, 3.63) is 52.4 Å². The van der Waals surface area contributed by atoms with E-state index < -0.39 is 0 Å². The van der Waals surface area contributed by atoms with Gasteiger partial charge in [-0.25, -0.2) is 4.98 Å². The number of carbonyl (C=O) groups excluding carboxylic acids is 1. The molecule has 2 heterocycles. The van der Waals surface area contributed by atoms with Crippen LogP contribution in [0, 0.1) is 0 Å². The molecule has 3 rings (SSSR count). The van der Waals surface area contributed by atoms with Crippen molar-refractivity contribution in [1.82, 2.24) is 20.5 Å². The van der Waals surface area contributed by atoms with E-state index >= 15 is 0 Å². The van der Waals surface area contributed by atoms with Crippen molar-refractivity contribution in [2.75, 3.05) is 5.75 Å². The first-order valence-electron chi connectivity index (χ1n) is 6.81. The van der Waals surface area contributed by atoms with E-state index in [-0.39, 0.29) is 11.7 Å². The lowest BCUT2D eigenvalue weighted by Crippen LogP contribution is -2.24. The molecular formula is C15H13ClN4OS2. The summed E-state index contributed by atoms with van der Waals surface area (Å²) in [5, 5.41) is 13.0. The Morgan fingerprint density at radius 1 is 1.35 bits per heavy atom. The fraction of sp³-hybridized carbons (Fsp3) is 0.133. The predicted octanol–water partition coefficient (Wildman–Crippen LogP) is 3.60. The normalized spacial score (nSPS) is 10.7. The first kappa shape index (κ1) is 16.0. The molecule has 0 bridgehead atoms. The van der Waals surface area contributed by atoms with E-state index in [2.05, 4.69) is 20.5 Å². The van der Waals surface area contributed by atoms with Gasteiger partial charge in [-0.05, 0) is 29.1 Å². The van der Waals surface area contributed by atoms with Gasteiger partial charge in [0.15, 0.2) is 5.82 Å². The number of aromatic nitrogens is 3. The monoisotopic (exact) mass is 364 g/mol. The standard InChI is InChI=1S/C15H13ClN4OS2/c16-11-4-1-3-10(7-11)8-17-13(21)9-23-15-18-14(19-20-15)12-5-2-6-22-12/h1-7H,8-9H2,(H,17,21)(H,18,19,20). The molecule has 0 atom stereocenters. The molecule has 0 radical (unpaired) electrons. The first-order valence-corrected chi connectivity index (χ1v) is 9.05. The zero-order valence-corrected chi connectivity index (χ0v) is 14.3. The predicted molar refractivity (Wildman–Crippen MR) is 93.7 cm³/mol. The molecule has 1 aromatic carbocycles. The van der Waals surface area contributed by atoms with Crippen molar-refractivity contribution in [3.63, 3.8) is 0 Å². The molecule has 0 fully saturated rings. The summed E-state index contributed by atoms with van der Waals surface area (Å²) in [4.78, 5) is 17.3. The number of rotatable bonds is 6. The molecule has 2 N–H and O–H groups in total. The summed E-state index contributed by atoms with van der Waals surface area (Å²) in [7, 11) is 0. The minimum Gasteiger partial charge on any atom is -0.351 e. The molecule has 2 aromatic heterocycles. The maximum atomic E-state index is 11.9. The van der Waals surface area contributed by atoms with E-state index in [0.717, 1.165) is 16.3 Å². The highest BCUT2D eigenvalue weighted by Crippen LogP contribution is 2.23. The number of hydrogen-bond donors (Lipinski definition) is 2. The van der Waals surface area contributed by atoms with Crippen LogP contribution in [-0.2, 0) is 11.3 Å². The number of amides is 1. The summed E-state index contributed by atoms with van der Waals surface area (Å²) >= 11 is 8.80. The smallest absolute Gasteiger partial charge is 0.230 e. The Labute approximate surface area is 146 Å². The lowest BCUT2D eigenvalue weighted by Gasteiger charge is -2.04. The van der Waals surface area contributed by atoms with Gasteiger partial charge < -0.3 is 5.32 Å². The van der Waals surface area contributed by atoms with E-state index in [1.165, 1.54) is 11.8 Å². The van der Waals surface area contributed by atoms with Crippen LogP contribution in [0.2, 0.25) is 5.02 Å². The van der Waals surface area contributed by atoms with Gasteiger partial charge in [0.1, 0.15) is 0 Å². The quantitative estimate of drug-likeness (QED) is 0.656. The van der Waals surface area contributed by atoms with E-state index in [9.17, 15) is 4.79 Å². The third kappa shape index (κ3) is 4.57. The molecule has 3 aromatic rings. The maximum absolute atomic E-state index is 11.9. The Balaban J connectivity index is 1.47. The summed E-state index contributed by atoms with van der Waals surface area (Å²) < 4.78 is 0. The Bertz CT molecular complexity index is 788. The maximum Gasteiger partial charge on any atom is 0.230 e. The van der Waals surface area contributed by atoms with Gasteiger partial charge in [-0.1, -0.05) is 41.6 Å². The molecular weight excluding hydrogens is 352 g/mol. The van der Waals surface area contributed by atoms with Gasteiger partial charge >= 0.3 is 0 Å². The summed E-state index contributed by atoms with van der Waals surface area (Å²) in [5.74, 6) is 0.918. The summed E-state index contributed by atoms with van der Waals surface area (Å²) in [5.41, 5.74) is 0.966. The molecule has 0 aliphatic rings. The topological polar surface area (TPSA) is 70.7 Å². The highest BCUT2D eigenvalue weighted by Gasteiger charge is 2.09. The van der Waals surface area contributed by atoms with Gasteiger partial charge in [0.25, 0.3) is 0 Å². The van der Waals surface area contributed by atoms with Crippen molar-refractivity contribution < 1.29 is 4.79 Å². The van der Waals surface area contributed by atoms with Crippen molar-refractivity contribution in [2.45, 2.75) is 11.7 Å². The van der Waals surface area contributed by atoms with Gasteiger partial charge in [0.05, 0.1) is 10.6 Å². The van der Waals surface area contributed by atoms with Crippen LogP contribution in [0.1, 0.15) is 5.56 Å². The van der Waals surface area contributed by atoms with E-state index in [1.807, 2.05) is 35.7 Å². The molecule has 5 nitrogen and oxygen atoms in total. The molecule has 0 saturated carbocycles. The number of thiophene rings is 1. The lowest BCUT2D eigenvalue weighted by molar-refractivity contribution is -0.118. The van der Waals surface area contributed by atoms with E-state index in [1.54, 1.807) is 17.4 Å². The number of halogens is 1. The van der Waals surface area contributed by atoms with Crippen molar-refractivity contribution in [1.29, 1.82) is 0 Å². The number of hydrogen-bond acceptors (Lipinski definition) is 5. The van der Waals surface area contributed by atoms with Gasteiger partial charge in [0.2, 0.25) is 11.1 Å². The summed E-state index contributed by atoms with van der Waals surface area (Å²) in [6, 6.07) is 11.3. The Hall–Kier alpha value is -1.83. The number of benzene rings is 1. The molecule has 1 amide bonds. The largest absolute Gasteiger partial charge is 0.351 e. The summed E-state index contributed by atoms with van der Waals surface area (Å²) in [6.45, 7) is 0.453. The van der Waals surface area contributed by atoms with Crippen LogP contribution < -0.4 is 5.32 Å². The third-order valence-electron chi connectivity index (χ3n) is 2.93. The molecule has 0 unspecified atom stereocenters. The molecule has 0 spiro atoms. The highest BCUT2D eigenvalue weighted by atomic mass is 35.5. The second kappa shape index (κ2) is 7.63. The van der Waals surface area contributed by atoms with Crippen LogP contribution in [0.25, 0.3) is 10.7 Å². The minimum absolute atomic E-state index is 0.0718. The van der Waals surface area contributed by atoms with Gasteiger partial charge in [-0.15, -0.1) is 16.4 Å². The Morgan fingerprint density at radius 2 is 2.26 bits per heavy atom. The van der Waals surface area contributed by atoms with Crippen LogP contribution in [0.4, 0.5) is 0 Å². The second-order valence-electron chi connectivity index (χ2n) is 4.64. The average molecular weight is 365 g/mol. The average Bonchev–Trinajstić information content (AvgIpc) is 3.22. The van der Waals surface area contributed by atoms with Crippen molar-refractivity contribution >= 4 is 40.6 Å². The van der Waals surface area contributed by atoms with Crippen LogP contribution in [0.5, 0.6) is 0 Å². The number of thioether (sulfide) groups is 1. The lowest BCUT2D eigenvalue weighted by atomic mass is 10.2. The van der Waals surface area contributed by atoms with Crippen molar-refractivity contribution in [2.24, 2.45) is 0 Å². The number of H-pyrrole nitrogens is 1. The third-order valence-corrected chi connectivity index (χ3v) is 4.89. The molecule has 0 aliphatic heterocycles. The molecule has 0 aliphatic carbocycles. The van der Waals surface area contributed by atoms with Crippen LogP contribution >= 0.6 is 34.7 Å². The fourth-order valence-electron chi connectivity index (χ4n) is 1.86. The fourth-order valence-corrected chi connectivity index (χ4v) is 3.37. The van der Waals surface area contributed by atoms with Gasteiger partial charge in [-0.2, -0.15) is 0 Å². The van der Waals surface area contributed by atoms with E-state index in [4.69, 9.17) is 11.6 Å². The SMILES string of the molecule is O=C(CSc1n[nH]c(-c2cccs2)n1)NCc1cccc(Cl)c1. The summed E-state index contributed by atoms with van der Waals surface area (Å²) in [6.07, 6.45) is 0. The minimum atomic E-state index is -0.0718. The molecule has 8 heteroatoms. The number of aromatic amines is 1. The molecule has 23 heavy (non-hydrogen) atoms. The van der Waals surface area contributed by atoms with Crippen molar-refractivity contribution in [3.8, 4) is 10.7 Å². The van der Waals surface area contributed by atoms with Gasteiger partial charge in [-0.3, -0.25) is 9.89 Å². The number of nitrogens with one attached hydrogen (secondary N) is 2. The zero-order chi connectivity index (χ0) is 16.1. The highest BCUT2D eigenvalue weighted by molar-refractivity contribution is 7.99. The molecule has 0 saturated heterocycles. The number of nitrogens with zero attached hydrogens (tertiary/aromatic N) is 2. The van der Waals surface area contributed by atoms with Crippen LogP contribution in [0.15, 0.2) is 46.9 Å². The first-order chi connectivity index (χ1) is 11.2. The van der Waals surface area contributed by atoms with Gasteiger partial charge in [0, 0.05) is 11.6 Å². The second-order valence-corrected chi connectivity index (χ2v) is 6.97. The zero-order valence-electron chi connectivity index (χ0n) is 12.0. The van der Waals surface area contributed by atoms with Crippen LogP contribution in [0.3, 0.4) is 0 Å².